The molecule has 0 atom stereocenters. The molecule has 0 unspecified atom stereocenters. The molecule has 0 fully saturated rings. The molecule has 0 heterocycles. The van der Waals surface area contributed by atoms with Gasteiger partial charge < -0.3 is 15.8 Å². The zero-order chi connectivity index (χ0) is 12.8. The minimum atomic E-state index is -0.598. The first kappa shape index (κ1) is 13.4. The summed E-state index contributed by atoms with van der Waals surface area (Å²) in [5, 5.41) is 2.54. The normalized spacial score (nSPS) is 9.76. The number of benzene rings is 1. The van der Waals surface area contributed by atoms with Crippen molar-refractivity contribution in [1.82, 2.24) is 5.32 Å². The van der Waals surface area contributed by atoms with Crippen molar-refractivity contribution in [2.45, 2.75) is 6.92 Å². The molecule has 17 heavy (non-hydrogen) atoms. The van der Waals surface area contributed by atoms with Crippen molar-refractivity contribution in [3.05, 3.63) is 29.6 Å². The predicted molar refractivity (Wildman–Crippen MR) is 66.5 cm³/mol. The Morgan fingerprint density at radius 2 is 2.29 bits per heavy atom. The average Bonchev–Trinajstić information content (AvgIpc) is 2.27. The number of nitrogens with one attached hydrogen (secondary N) is 1. The van der Waals surface area contributed by atoms with E-state index in [0.29, 0.717) is 12.1 Å². The Balaban J connectivity index is 2.66. The van der Waals surface area contributed by atoms with Crippen LogP contribution in [-0.2, 0) is 4.79 Å². The van der Waals surface area contributed by atoms with Gasteiger partial charge in [-0.3, -0.25) is 4.79 Å². The topological polar surface area (TPSA) is 64.3 Å². The van der Waals surface area contributed by atoms with Gasteiger partial charge in [-0.15, -0.1) is 0 Å². The molecule has 0 spiro atoms. The molecule has 0 aliphatic rings. The molecule has 0 saturated heterocycles. The van der Waals surface area contributed by atoms with E-state index in [1.807, 2.05) is 0 Å². The molecule has 0 aromatic heterocycles. The maximum atomic E-state index is 13.5. The lowest BCUT2D eigenvalue weighted by Crippen LogP contribution is -2.28. The number of carbonyl (C=O) groups is 1. The summed E-state index contributed by atoms with van der Waals surface area (Å²) in [5.41, 5.74) is 5.77. The van der Waals surface area contributed by atoms with Crippen molar-refractivity contribution in [1.29, 1.82) is 0 Å². The number of ether oxygens (including phenoxy) is 1. The minimum Gasteiger partial charge on any atom is -0.481 e. The van der Waals surface area contributed by atoms with Crippen molar-refractivity contribution >= 4 is 23.1 Å². The first-order valence-corrected chi connectivity index (χ1v) is 5.44. The van der Waals surface area contributed by atoms with Gasteiger partial charge in [-0.05, 0) is 25.1 Å². The monoisotopic (exact) mass is 256 g/mol. The van der Waals surface area contributed by atoms with E-state index in [9.17, 15) is 9.18 Å². The fraction of sp³-hybridized carbons (Fsp3) is 0.273. The van der Waals surface area contributed by atoms with Crippen LogP contribution in [0, 0.1) is 5.82 Å². The predicted octanol–water partition coefficient (Wildman–Crippen LogP) is 0.975. The molecule has 1 amide bonds. The van der Waals surface area contributed by atoms with Gasteiger partial charge in [0.15, 0.2) is 18.2 Å². The first-order valence-electron chi connectivity index (χ1n) is 5.03. The van der Waals surface area contributed by atoms with Crippen LogP contribution in [0.3, 0.4) is 0 Å². The number of amides is 1. The summed E-state index contributed by atoms with van der Waals surface area (Å²) in [6, 6.07) is 4.11. The van der Waals surface area contributed by atoms with Gasteiger partial charge in [0.1, 0.15) is 4.99 Å². The van der Waals surface area contributed by atoms with Crippen LogP contribution < -0.4 is 15.8 Å². The van der Waals surface area contributed by atoms with E-state index in [0.717, 1.165) is 0 Å². The first-order chi connectivity index (χ1) is 8.04. The van der Waals surface area contributed by atoms with Gasteiger partial charge in [0.2, 0.25) is 0 Å². The second-order valence-electron chi connectivity index (χ2n) is 3.25. The summed E-state index contributed by atoms with van der Waals surface area (Å²) in [5.74, 6) is -0.902. The van der Waals surface area contributed by atoms with Crippen LogP contribution in [0.4, 0.5) is 4.39 Å². The third-order valence-electron chi connectivity index (χ3n) is 1.95. The molecule has 1 rings (SSSR count). The lowest BCUT2D eigenvalue weighted by molar-refractivity contribution is -0.123. The molecule has 0 bridgehead atoms. The number of nitrogens with two attached hydrogens (primary N) is 1. The summed E-state index contributed by atoms with van der Waals surface area (Å²) in [7, 11) is 0. The van der Waals surface area contributed by atoms with Crippen LogP contribution in [0.2, 0.25) is 0 Å². The SMILES string of the molecule is CCNC(=O)COc1ccc(C(N)=S)cc1F. The molecule has 1 aromatic carbocycles. The summed E-state index contributed by atoms with van der Waals surface area (Å²) < 4.78 is 18.5. The maximum absolute atomic E-state index is 13.5. The number of rotatable bonds is 5. The Bertz CT molecular complexity index is 437. The van der Waals surface area contributed by atoms with Crippen molar-refractivity contribution in [2.24, 2.45) is 5.73 Å². The van der Waals surface area contributed by atoms with Gasteiger partial charge in [-0.1, -0.05) is 12.2 Å². The smallest absolute Gasteiger partial charge is 0.257 e. The van der Waals surface area contributed by atoms with Crippen LogP contribution in [0.25, 0.3) is 0 Å². The van der Waals surface area contributed by atoms with Gasteiger partial charge in [0, 0.05) is 12.1 Å². The van der Waals surface area contributed by atoms with Crippen molar-refractivity contribution in [2.75, 3.05) is 13.2 Å². The molecule has 0 aliphatic heterocycles. The maximum Gasteiger partial charge on any atom is 0.257 e. The number of thiocarbonyl (C=S) groups is 1. The van der Waals surface area contributed by atoms with Crippen LogP contribution in [0.1, 0.15) is 12.5 Å². The molecule has 6 heteroatoms. The van der Waals surface area contributed by atoms with E-state index < -0.39 is 5.82 Å². The molecule has 92 valence electrons. The van der Waals surface area contributed by atoms with E-state index in [1.165, 1.54) is 12.1 Å². The quantitative estimate of drug-likeness (QED) is 0.771. The molecule has 1 aromatic rings. The summed E-state index contributed by atoms with van der Waals surface area (Å²) >= 11 is 4.71. The summed E-state index contributed by atoms with van der Waals surface area (Å²) in [4.78, 5) is 11.2. The average molecular weight is 256 g/mol. The molecule has 3 N–H and O–H groups in total. The zero-order valence-corrected chi connectivity index (χ0v) is 10.1. The van der Waals surface area contributed by atoms with Gasteiger partial charge >= 0.3 is 0 Å². The summed E-state index contributed by atoms with van der Waals surface area (Å²) in [6.45, 7) is 2.07. The highest BCUT2D eigenvalue weighted by Crippen LogP contribution is 2.18. The molecular formula is C11H13FN2O2S. The molecule has 0 aliphatic carbocycles. The largest absolute Gasteiger partial charge is 0.481 e. The Labute approximate surface area is 104 Å². The van der Waals surface area contributed by atoms with E-state index in [2.05, 4.69) is 5.32 Å². The third-order valence-corrected chi connectivity index (χ3v) is 2.18. The Morgan fingerprint density at radius 1 is 1.59 bits per heavy atom. The van der Waals surface area contributed by atoms with Crippen LogP contribution in [0.5, 0.6) is 5.75 Å². The lowest BCUT2D eigenvalue weighted by Gasteiger charge is -2.08. The van der Waals surface area contributed by atoms with Crippen LogP contribution in [-0.4, -0.2) is 24.0 Å². The Morgan fingerprint density at radius 3 is 2.82 bits per heavy atom. The number of halogens is 1. The Hall–Kier alpha value is -1.69. The second kappa shape index (κ2) is 6.15. The summed E-state index contributed by atoms with van der Waals surface area (Å²) in [6.07, 6.45) is 0. The molecule has 0 saturated carbocycles. The van der Waals surface area contributed by atoms with E-state index in [-0.39, 0.29) is 23.3 Å². The fourth-order valence-corrected chi connectivity index (χ4v) is 1.29. The van der Waals surface area contributed by atoms with Gasteiger partial charge in [-0.25, -0.2) is 4.39 Å². The highest BCUT2D eigenvalue weighted by Gasteiger charge is 2.08. The van der Waals surface area contributed by atoms with Gasteiger partial charge in [-0.2, -0.15) is 0 Å². The van der Waals surface area contributed by atoms with E-state index >= 15 is 0 Å². The molecular weight excluding hydrogens is 243 g/mol. The zero-order valence-electron chi connectivity index (χ0n) is 9.33. The standard InChI is InChI=1S/C11H13FN2O2S/c1-2-14-10(15)6-16-9-4-3-7(11(13)17)5-8(9)12/h3-5H,2,6H2,1H3,(H2,13,17)(H,14,15). The highest BCUT2D eigenvalue weighted by molar-refractivity contribution is 7.80. The van der Waals surface area contributed by atoms with Crippen molar-refractivity contribution < 1.29 is 13.9 Å². The molecule has 0 radical (unpaired) electrons. The Kier molecular flexibility index (Phi) is 4.84. The molecule has 4 nitrogen and oxygen atoms in total. The number of hydrogen-bond acceptors (Lipinski definition) is 3. The van der Waals surface area contributed by atoms with E-state index in [4.69, 9.17) is 22.7 Å². The van der Waals surface area contributed by atoms with Crippen LogP contribution in [0.15, 0.2) is 18.2 Å². The van der Waals surface area contributed by atoms with E-state index in [1.54, 1.807) is 13.0 Å². The van der Waals surface area contributed by atoms with Gasteiger partial charge in [0.25, 0.3) is 5.91 Å². The fourth-order valence-electron chi connectivity index (χ4n) is 1.16. The number of carbonyl (C=O) groups excluding carboxylic acids is 1. The number of likely N-dealkylation sites (N-methyl/N-ethyl adjacent to an activating group) is 1. The second-order valence-corrected chi connectivity index (χ2v) is 3.69. The lowest BCUT2D eigenvalue weighted by atomic mass is 10.2. The van der Waals surface area contributed by atoms with Crippen molar-refractivity contribution in [3.63, 3.8) is 0 Å². The van der Waals surface area contributed by atoms with Gasteiger partial charge in [0.05, 0.1) is 0 Å². The number of hydrogen-bond donors (Lipinski definition) is 2. The minimum absolute atomic E-state index is 0.00347. The van der Waals surface area contributed by atoms with Crippen molar-refractivity contribution in [3.8, 4) is 5.75 Å². The highest BCUT2D eigenvalue weighted by atomic mass is 32.1. The third kappa shape index (κ3) is 3.99. The van der Waals surface area contributed by atoms with Crippen LogP contribution >= 0.6 is 12.2 Å².